The Morgan fingerprint density at radius 2 is 2.27 bits per heavy atom. The molecule has 0 amide bonds. The van der Waals surface area contributed by atoms with E-state index in [0.29, 0.717) is 6.42 Å². The standard InChI is InChI=1S/C12H11NOS/c13-7-5-9-6-8-15-11-4-2-1-3-10(11)12(9)14/h1-4,9H,5-6,8H2. The molecule has 0 fully saturated rings. The summed E-state index contributed by atoms with van der Waals surface area (Å²) in [7, 11) is 0. The second kappa shape index (κ2) is 4.50. The van der Waals surface area contributed by atoms with E-state index in [2.05, 4.69) is 6.07 Å². The lowest BCUT2D eigenvalue weighted by Crippen LogP contribution is -2.13. The molecule has 0 N–H and O–H groups in total. The molecule has 1 heterocycles. The van der Waals surface area contributed by atoms with Crippen molar-refractivity contribution in [2.75, 3.05) is 5.75 Å². The van der Waals surface area contributed by atoms with Crippen molar-refractivity contribution >= 4 is 17.5 Å². The molecule has 0 saturated heterocycles. The summed E-state index contributed by atoms with van der Waals surface area (Å²) >= 11 is 1.71. The average Bonchev–Trinajstić information content (AvgIpc) is 2.41. The number of hydrogen-bond acceptors (Lipinski definition) is 3. The van der Waals surface area contributed by atoms with Gasteiger partial charge in [0.15, 0.2) is 5.78 Å². The van der Waals surface area contributed by atoms with Crippen molar-refractivity contribution in [3.63, 3.8) is 0 Å². The number of fused-ring (bicyclic) bond motifs is 1. The van der Waals surface area contributed by atoms with E-state index in [1.807, 2.05) is 24.3 Å². The zero-order valence-corrected chi connectivity index (χ0v) is 9.09. The minimum atomic E-state index is -0.105. The third-order valence-corrected chi connectivity index (χ3v) is 3.69. The maximum atomic E-state index is 12.1. The van der Waals surface area contributed by atoms with E-state index >= 15 is 0 Å². The predicted octanol–water partition coefficient (Wildman–Crippen LogP) is 2.89. The summed E-state index contributed by atoms with van der Waals surface area (Å²) in [6, 6.07) is 9.77. The fourth-order valence-electron chi connectivity index (χ4n) is 1.76. The van der Waals surface area contributed by atoms with Crippen LogP contribution < -0.4 is 0 Å². The second-order valence-corrected chi connectivity index (χ2v) is 4.69. The summed E-state index contributed by atoms with van der Waals surface area (Å²) in [5, 5.41) is 8.67. The fraction of sp³-hybridized carbons (Fsp3) is 0.333. The van der Waals surface area contributed by atoms with Gasteiger partial charge in [0.05, 0.1) is 6.07 Å². The highest BCUT2D eigenvalue weighted by Crippen LogP contribution is 2.32. The van der Waals surface area contributed by atoms with E-state index in [-0.39, 0.29) is 11.7 Å². The van der Waals surface area contributed by atoms with E-state index in [1.165, 1.54) is 0 Å². The molecule has 1 unspecified atom stereocenters. The summed E-state index contributed by atoms with van der Waals surface area (Å²) in [5.41, 5.74) is 0.792. The molecule has 0 radical (unpaired) electrons. The predicted molar refractivity (Wildman–Crippen MR) is 59.8 cm³/mol. The van der Waals surface area contributed by atoms with Crippen LogP contribution in [-0.4, -0.2) is 11.5 Å². The molecule has 15 heavy (non-hydrogen) atoms. The Hall–Kier alpha value is -1.27. The summed E-state index contributed by atoms with van der Waals surface area (Å²) < 4.78 is 0. The highest BCUT2D eigenvalue weighted by molar-refractivity contribution is 7.99. The second-order valence-electron chi connectivity index (χ2n) is 3.56. The van der Waals surface area contributed by atoms with Crippen LogP contribution in [0.4, 0.5) is 0 Å². The maximum absolute atomic E-state index is 12.1. The number of hydrogen-bond donors (Lipinski definition) is 0. The van der Waals surface area contributed by atoms with Crippen LogP contribution in [0.1, 0.15) is 23.2 Å². The Labute approximate surface area is 93.3 Å². The van der Waals surface area contributed by atoms with Gasteiger partial charge < -0.3 is 0 Å². The third kappa shape index (κ3) is 2.05. The molecule has 1 aliphatic rings. The lowest BCUT2D eigenvalue weighted by atomic mass is 9.93. The van der Waals surface area contributed by atoms with Crippen LogP contribution in [-0.2, 0) is 0 Å². The third-order valence-electron chi connectivity index (χ3n) is 2.58. The molecule has 3 heteroatoms. The Bertz CT molecular complexity index is 422. The van der Waals surface area contributed by atoms with E-state index in [0.717, 1.165) is 22.6 Å². The first kappa shape index (κ1) is 10.3. The van der Waals surface area contributed by atoms with Crippen LogP contribution in [0.15, 0.2) is 29.2 Å². The molecule has 0 spiro atoms. The number of nitriles is 1. The normalized spacial score (nSPS) is 20.2. The minimum Gasteiger partial charge on any atom is -0.294 e. The number of carbonyl (C=O) groups is 1. The van der Waals surface area contributed by atoms with E-state index < -0.39 is 0 Å². The van der Waals surface area contributed by atoms with Crippen molar-refractivity contribution in [1.29, 1.82) is 5.26 Å². The van der Waals surface area contributed by atoms with Crippen molar-refractivity contribution in [2.45, 2.75) is 17.7 Å². The van der Waals surface area contributed by atoms with Crippen molar-refractivity contribution in [2.24, 2.45) is 5.92 Å². The van der Waals surface area contributed by atoms with Crippen molar-refractivity contribution in [1.82, 2.24) is 0 Å². The lowest BCUT2D eigenvalue weighted by molar-refractivity contribution is 0.0918. The fourth-order valence-corrected chi connectivity index (χ4v) is 2.88. The highest BCUT2D eigenvalue weighted by Gasteiger charge is 2.24. The van der Waals surface area contributed by atoms with Crippen LogP contribution in [0.3, 0.4) is 0 Å². The quantitative estimate of drug-likeness (QED) is 0.726. The largest absolute Gasteiger partial charge is 0.294 e. The summed E-state index contributed by atoms with van der Waals surface area (Å²) in [4.78, 5) is 13.1. The van der Waals surface area contributed by atoms with Gasteiger partial charge in [-0.1, -0.05) is 18.2 Å². The Kier molecular flexibility index (Phi) is 3.08. The number of rotatable bonds is 1. The molecular formula is C12H11NOS. The maximum Gasteiger partial charge on any atom is 0.168 e. The molecule has 0 saturated carbocycles. The van der Waals surface area contributed by atoms with Gasteiger partial charge in [0, 0.05) is 22.8 Å². The van der Waals surface area contributed by atoms with E-state index in [4.69, 9.17) is 5.26 Å². The Morgan fingerprint density at radius 3 is 3.07 bits per heavy atom. The van der Waals surface area contributed by atoms with Gasteiger partial charge >= 0.3 is 0 Å². The van der Waals surface area contributed by atoms with Crippen LogP contribution in [0.5, 0.6) is 0 Å². The average molecular weight is 217 g/mol. The highest BCUT2D eigenvalue weighted by atomic mass is 32.2. The Balaban J connectivity index is 2.35. The summed E-state index contributed by atoms with van der Waals surface area (Å²) in [6.07, 6.45) is 1.15. The number of thioether (sulfide) groups is 1. The number of Topliss-reactive ketones (excluding diaryl/α,β-unsaturated/α-hetero) is 1. The smallest absolute Gasteiger partial charge is 0.168 e. The van der Waals surface area contributed by atoms with Crippen LogP contribution >= 0.6 is 11.8 Å². The number of nitrogens with zero attached hydrogens (tertiary/aromatic N) is 1. The minimum absolute atomic E-state index is 0.105. The Morgan fingerprint density at radius 1 is 1.47 bits per heavy atom. The van der Waals surface area contributed by atoms with Gasteiger partial charge in [-0.05, 0) is 18.2 Å². The molecule has 1 aliphatic heterocycles. The van der Waals surface area contributed by atoms with Gasteiger partial charge in [-0.25, -0.2) is 0 Å². The summed E-state index contributed by atoms with van der Waals surface area (Å²) in [6.45, 7) is 0. The molecule has 0 aromatic heterocycles. The van der Waals surface area contributed by atoms with Gasteiger partial charge in [0.25, 0.3) is 0 Å². The zero-order valence-electron chi connectivity index (χ0n) is 8.27. The van der Waals surface area contributed by atoms with Crippen LogP contribution in [0, 0.1) is 17.2 Å². The SMILES string of the molecule is N#CCC1CCSc2ccccc2C1=O. The molecule has 0 aliphatic carbocycles. The molecule has 2 rings (SSSR count). The first-order chi connectivity index (χ1) is 7.33. The first-order valence-corrected chi connectivity index (χ1v) is 5.94. The van der Waals surface area contributed by atoms with E-state index in [1.54, 1.807) is 11.8 Å². The van der Waals surface area contributed by atoms with Gasteiger partial charge in [-0.15, -0.1) is 11.8 Å². The van der Waals surface area contributed by atoms with Crippen LogP contribution in [0.25, 0.3) is 0 Å². The molecule has 2 nitrogen and oxygen atoms in total. The number of benzene rings is 1. The number of carbonyl (C=O) groups excluding carboxylic acids is 1. The number of ketones is 1. The molecule has 0 bridgehead atoms. The van der Waals surface area contributed by atoms with Crippen molar-refractivity contribution < 1.29 is 4.79 Å². The topological polar surface area (TPSA) is 40.9 Å². The van der Waals surface area contributed by atoms with Crippen LogP contribution in [0.2, 0.25) is 0 Å². The molecular weight excluding hydrogens is 206 g/mol. The lowest BCUT2D eigenvalue weighted by Gasteiger charge is -2.08. The monoisotopic (exact) mass is 217 g/mol. The first-order valence-electron chi connectivity index (χ1n) is 4.96. The van der Waals surface area contributed by atoms with Gasteiger partial charge in [-0.3, -0.25) is 4.79 Å². The van der Waals surface area contributed by atoms with Gasteiger partial charge in [0.1, 0.15) is 0 Å². The molecule has 76 valence electrons. The molecule has 1 aromatic rings. The zero-order chi connectivity index (χ0) is 10.7. The summed E-state index contributed by atoms with van der Waals surface area (Å²) in [5.74, 6) is 0.957. The van der Waals surface area contributed by atoms with Crippen molar-refractivity contribution in [3.05, 3.63) is 29.8 Å². The van der Waals surface area contributed by atoms with Gasteiger partial charge in [0.2, 0.25) is 0 Å². The van der Waals surface area contributed by atoms with Crippen molar-refractivity contribution in [3.8, 4) is 6.07 Å². The molecule has 1 atom stereocenters. The van der Waals surface area contributed by atoms with E-state index in [9.17, 15) is 4.79 Å². The van der Waals surface area contributed by atoms with Gasteiger partial charge in [-0.2, -0.15) is 5.26 Å². The molecule has 1 aromatic carbocycles.